The monoisotopic (exact) mass is 216 g/mol. The van der Waals surface area contributed by atoms with Gasteiger partial charge in [-0.2, -0.15) is 5.26 Å². The van der Waals surface area contributed by atoms with Crippen LogP contribution in [0, 0.1) is 17.2 Å². The molecule has 0 saturated heterocycles. The maximum atomic E-state index is 9.06. The fourth-order valence-corrected chi connectivity index (χ4v) is 1.92. The second-order valence-corrected chi connectivity index (χ2v) is 4.44. The van der Waals surface area contributed by atoms with E-state index in [9.17, 15) is 0 Å². The number of nitrogens with two attached hydrogens (primary N) is 1. The topological polar surface area (TPSA) is 65.9 Å². The van der Waals surface area contributed by atoms with E-state index in [4.69, 9.17) is 11.0 Å². The Labute approximate surface area is 95.7 Å². The number of pyridine rings is 1. The second-order valence-electron chi connectivity index (χ2n) is 4.44. The van der Waals surface area contributed by atoms with Crippen LogP contribution in [0.4, 0.5) is 11.5 Å². The van der Waals surface area contributed by atoms with Crippen LogP contribution in [0.1, 0.15) is 25.3 Å². The van der Waals surface area contributed by atoms with E-state index in [2.05, 4.69) is 22.9 Å². The van der Waals surface area contributed by atoms with Crippen molar-refractivity contribution in [2.75, 3.05) is 17.7 Å². The van der Waals surface area contributed by atoms with Crippen LogP contribution in [0.15, 0.2) is 12.3 Å². The number of nitriles is 1. The molecule has 0 aromatic carbocycles. The summed E-state index contributed by atoms with van der Waals surface area (Å²) >= 11 is 0. The maximum Gasteiger partial charge on any atom is 0.146 e. The van der Waals surface area contributed by atoms with Crippen LogP contribution in [-0.2, 0) is 0 Å². The number of nitrogens with zero attached hydrogens (tertiary/aromatic N) is 3. The van der Waals surface area contributed by atoms with Crippen molar-refractivity contribution in [3.8, 4) is 6.07 Å². The number of hydrogen-bond acceptors (Lipinski definition) is 4. The van der Waals surface area contributed by atoms with Crippen molar-refractivity contribution in [3.63, 3.8) is 0 Å². The smallest absolute Gasteiger partial charge is 0.146 e. The minimum absolute atomic E-state index is 0.434. The molecule has 0 radical (unpaired) electrons. The van der Waals surface area contributed by atoms with Crippen molar-refractivity contribution in [3.05, 3.63) is 17.8 Å². The molecule has 1 aliphatic rings. The van der Waals surface area contributed by atoms with Crippen LogP contribution in [0.2, 0.25) is 0 Å². The SMILES string of the molecule is CC(C1CC1)N(C)c1ncc(N)cc1C#N. The summed E-state index contributed by atoms with van der Waals surface area (Å²) in [7, 11) is 1.99. The number of rotatable bonds is 3. The Morgan fingerprint density at radius 1 is 1.62 bits per heavy atom. The van der Waals surface area contributed by atoms with Crippen LogP contribution < -0.4 is 10.6 Å². The molecular formula is C12H16N4. The molecule has 4 nitrogen and oxygen atoms in total. The van der Waals surface area contributed by atoms with Crippen molar-refractivity contribution < 1.29 is 0 Å². The fraction of sp³-hybridized carbons (Fsp3) is 0.500. The molecular weight excluding hydrogens is 200 g/mol. The lowest BCUT2D eigenvalue weighted by molar-refractivity contribution is 0.603. The van der Waals surface area contributed by atoms with E-state index < -0.39 is 0 Å². The second kappa shape index (κ2) is 4.01. The van der Waals surface area contributed by atoms with E-state index in [-0.39, 0.29) is 0 Å². The van der Waals surface area contributed by atoms with E-state index in [0.29, 0.717) is 17.3 Å². The lowest BCUT2D eigenvalue weighted by Crippen LogP contribution is -2.31. The minimum atomic E-state index is 0.434. The van der Waals surface area contributed by atoms with Gasteiger partial charge in [0.15, 0.2) is 0 Å². The molecule has 1 aromatic rings. The predicted octanol–water partition coefficient (Wildman–Crippen LogP) is 1.77. The highest BCUT2D eigenvalue weighted by Gasteiger charge is 2.31. The predicted molar refractivity (Wildman–Crippen MR) is 64.0 cm³/mol. The zero-order valence-corrected chi connectivity index (χ0v) is 9.64. The van der Waals surface area contributed by atoms with E-state index in [1.165, 1.54) is 12.8 Å². The fourth-order valence-electron chi connectivity index (χ4n) is 1.92. The molecule has 0 bridgehead atoms. The Morgan fingerprint density at radius 2 is 2.31 bits per heavy atom. The van der Waals surface area contributed by atoms with Gasteiger partial charge in [-0.1, -0.05) is 0 Å². The Morgan fingerprint density at radius 3 is 2.88 bits per heavy atom. The van der Waals surface area contributed by atoms with Crippen molar-refractivity contribution in [2.45, 2.75) is 25.8 Å². The summed E-state index contributed by atoms with van der Waals surface area (Å²) in [6, 6.07) is 4.26. The van der Waals surface area contributed by atoms with Gasteiger partial charge >= 0.3 is 0 Å². The van der Waals surface area contributed by atoms with Gasteiger partial charge in [0.1, 0.15) is 11.9 Å². The van der Waals surface area contributed by atoms with Crippen molar-refractivity contribution in [2.24, 2.45) is 5.92 Å². The third-order valence-electron chi connectivity index (χ3n) is 3.26. The van der Waals surface area contributed by atoms with E-state index in [1.54, 1.807) is 12.3 Å². The van der Waals surface area contributed by atoms with Gasteiger partial charge in [-0.3, -0.25) is 0 Å². The first-order chi connectivity index (χ1) is 7.63. The van der Waals surface area contributed by atoms with Crippen LogP contribution >= 0.6 is 0 Å². The molecule has 0 amide bonds. The number of hydrogen-bond donors (Lipinski definition) is 1. The average Bonchev–Trinajstić information content (AvgIpc) is 3.10. The van der Waals surface area contributed by atoms with Crippen LogP contribution in [0.3, 0.4) is 0 Å². The molecule has 1 unspecified atom stereocenters. The molecule has 4 heteroatoms. The molecule has 2 rings (SSSR count). The van der Waals surface area contributed by atoms with E-state index >= 15 is 0 Å². The molecule has 1 saturated carbocycles. The van der Waals surface area contributed by atoms with Gasteiger partial charge in [0.2, 0.25) is 0 Å². The van der Waals surface area contributed by atoms with Crippen molar-refractivity contribution in [1.82, 2.24) is 4.98 Å². The highest BCUT2D eigenvalue weighted by atomic mass is 15.2. The summed E-state index contributed by atoms with van der Waals surface area (Å²) < 4.78 is 0. The molecule has 1 heterocycles. The molecule has 2 N–H and O–H groups in total. The summed E-state index contributed by atoms with van der Waals surface area (Å²) in [5.74, 6) is 1.48. The molecule has 1 aliphatic carbocycles. The Kier molecular flexibility index (Phi) is 2.69. The van der Waals surface area contributed by atoms with Gasteiger partial charge in [-0.15, -0.1) is 0 Å². The molecule has 1 fully saturated rings. The zero-order chi connectivity index (χ0) is 11.7. The van der Waals surface area contributed by atoms with Crippen LogP contribution in [0.5, 0.6) is 0 Å². The van der Waals surface area contributed by atoms with Gasteiger partial charge in [-0.05, 0) is 31.7 Å². The first kappa shape index (κ1) is 10.7. The highest BCUT2D eigenvalue weighted by molar-refractivity contribution is 5.59. The van der Waals surface area contributed by atoms with Gasteiger partial charge in [0.25, 0.3) is 0 Å². The summed E-state index contributed by atoms with van der Waals surface area (Å²) in [6.07, 6.45) is 4.16. The first-order valence-corrected chi connectivity index (χ1v) is 5.52. The first-order valence-electron chi connectivity index (χ1n) is 5.52. The normalized spacial score (nSPS) is 16.6. The Balaban J connectivity index is 2.28. The summed E-state index contributed by atoms with van der Waals surface area (Å²) in [5, 5.41) is 9.06. The summed E-state index contributed by atoms with van der Waals surface area (Å²) in [6.45, 7) is 2.18. The third kappa shape index (κ3) is 1.94. The van der Waals surface area contributed by atoms with Crippen molar-refractivity contribution >= 4 is 11.5 Å². The van der Waals surface area contributed by atoms with E-state index in [1.807, 2.05) is 7.05 Å². The quantitative estimate of drug-likeness (QED) is 0.836. The van der Waals surface area contributed by atoms with Gasteiger partial charge < -0.3 is 10.6 Å². The molecule has 16 heavy (non-hydrogen) atoms. The summed E-state index contributed by atoms with van der Waals surface area (Å²) in [5.41, 5.74) is 6.71. The third-order valence-corrected chi connectivity index (χ3v) is 3.26. The van der Waals surface area contributed by atoms with Crippen molar-refractivity contribution in [1.29, 1.82) is 5.26 Å². The molecule has 0 aliphatic heterocycles. The minimum Gasteiger partial charge on any atom is -0.397 e. The molecule has 1 aromatic heterocycles. The number of anilines is 2. The number of aromatic nitrogens is 1. The van der Waals surface area contributed by atoms with E-state index in [0.717, 1.165) is 11.7 Å². The van der Waals surface area contributed by atoms with Gasteiger partial charge in [0.05, 0.1) is 17.4 Å². The molecule has 0 spiro atoms. The standard InChI is InChI=1S/C12H16N4/c1-8(9-3-4-9)16(2)12-10(6-13)5-11(14)7-15-12/h5,7-9H,3-4,14H2,1-2H3. The molecule has 84 valence electrons. The lowest BCUT2D eigenvalue weighted by atomic mass is 10.1. The Bertz CT molecular complexity index is 431. The van der Waals surface area contributed by atoms with Gasteiger partial charge in [-0.25, -0.2) is 4.98 Å². The molecule has 1 atom stereocenters. The van der Waals surface area contributed by atoms with Gasteiger partial charge in [0, 0.05) is 13.1 Å². The largest absolute Gasteiger partial charge is 0.397 e. The summed E-state index contributed by atoms with van der Waals surface area (Å²) in [4.78, 5) is 6.34. The maximum absolute atomic E-state index is 9.06. The lowest BCUT2D eigenvalue weighted by Gasteiger charge is -2.26. The van der Waals surface area contributed by atoms with Crippen LogP contribution in [-0.4, -0.2) is 18.1 Å². The zero-order valence-electron chi connectivity index (χ0n) is 9.64. The number of nitrogen functional groups attached to an aromatic ring is 1. The Hall–Kier alpha value is -1.76. The average molecular weight is 216 g/mol. The highest BCUT2D eigenvalue weighted by Crippen LogP contribution is 2.36. The van der Waals surface area contributed by atoms with Crippen LogP contribution in [0.25, 0.3) is 0 Å².